The fourth-order valence-electron chi connectivity index (χ4n) is 4.36. The van der Waals surface area contributed by atoms with Crippen molar-refractivity contribution in [3.63, 3.8) is 0 Å². The van der Waals surface area contributed by atoms with E-state index in [2.05, 4.69) is 4.18 Å². The van der Waals surface area contributed by atoms with Gasteiger partial charge in [0.2, 0.25) is 0 Å². The first-order valence-electron chi connectivity index (χ1n) is 12.0. The second kappa shape index (κ2) is 11.4. The number of imide groups is 1. The summed E-state index contributed by atoms with van der Waals surface area (Å²) < 4.78 is 100. The highest BCUT2D eigenvalue weighted by Crippen LogP contribution is 2.37. The molecule has 0 radical (unpaired) electrons. The monoisotopic (exact) mass is 646 g/mol. The van der Waals surface area contributed by atoms with E-state index in [1.54, 1.807) is 18.2 Å². The average Bonchev–Trinajstić information content (AvgIpc) is 3.16. The van der Waals surface area contributed by atoms with E-state index in [1.165, 1.54) is 36.4 Å². The van der Waals surface area contributed by atoms with Crippen molar-refractivity contribution < 1.29 is 62.3 Å². The van der Waals surface area contributed by atoms with Crippen LogP contribution in [0, 0.1) is 0 Å². The number of rotatable bonds is 10. The van der Waals surface area contributed by atoms with Crippen LogP contribution >= 0.6 is 0 Å². The molecular formula is C25H21F3N2O11S2. The van der Waals surface area contributed by atoms with E-state index in [0.717, 1.165) is 0 Å². The summed E-state index contributed by atoms with van der Waals surface area (Å²) in [5.74, 6) is -5.98. The molecule has 4 rings (SSSR count). The van der Waals surface area contributed by atoms with E-state index >= 15 is 0 Å². The lowest BCUT2D eigenvalue weighted by atomic mass is 9.92. The lowest BCUT2D eigenvalue weighted by Crippen LogP contribution is -2.73. The molecule has 0 spiro atoms. The molecule has 0 aromatic heterocycles. The summed E-state index contributed by atoms with van der Waals surface area (Å²) in [7, 11) is -10.6. The summed E-state index contributed by atoms with van der Waals surface area (Å²) in [5, 5.41) is 0. The van der Waals surface area contributed by atoms with Crippen LogP contribution in [-0.4, -0.2) is 80.8 Å². The number of benzene rings is 2. The highest BCUT2D eigenvalue weighted by atomic mass is 32.2. The molecule has 3 amide bonds. The van der Waals surface area contributed by atoms with Crippen LogP contribution in [0.4, 0.5) is 13.2 Å². The SMILES string of the molecule is C/C(OS(=O)(=O)C(F)(F)F)=C(/C(=O)OCc1ccccc1)N1C(=O)[C@@H](N2C(=O)c3ccccc3C2=O)[C@H]1COS(C)(=O)=O. The van der Waals surface area contributed by atoms with Crippen molar-refractivity contribution in [1.82, 2.24) is 9.80 Å². The minimum atomic E-state index is -6.36. The van der Waals surface area contributed by atoms with Crippen LogP contribution in [-0.2, 0) is 49.5 Å². The maximum absolute atomic E-state index is 13.5. The summed E-state index contributed by atoms with van der Waals surface area (Å²) in [6.45, 7) is -0.867. The fraction of sp³-hybridized carbons (Fsp3) is 0.280. The van der Waals surface area contributed by atoms with Gasteiger partial charge in [-0.1, -0.05) is 42.5 Å². The van der Waals surface area contributed by atoms with Crippen molar-refractivity contribution >= 4 is 43.9 Å². The molecule has 2 aromatic carbocycles. The maximum atomic E-state index is 13.5. The molecule has 0 aliphatic carbocycles. The highest BCUT2D eigenvalue weighted by molar-refractivity contribution is 7.87. The van der Waals surface area contributed by atoms with Gasteiger partial charge in [-0.25, -0.2) is 4.79 Å². The molecule has 1 fully saturated rings. The minimum Gasteiger partial charge on any atom is -0.456 e. The molecule has 2 aromatic rings. The quantitative estimate of drug-likeness (QED) is 0.0700. The Hall–Kier alpha value is -4.29. The number of ether oxygens (including phenoxy) is 1. The Morgan fingerprint density at radius 3 is 1.95 bits per heavy atom. The van der Waals surface area contributed by atoms with Gasteiger partial charge in [0.05, 0.1) is 30.0 Å². The van der Waals surface area contributed by atoms with Crippen LogP contribution in [0.3, 0.4) is 0 Å². The number of β-lactam (4-membered cyclic amide) rings is 1. The van der Waals surface area contributed by atoms with Gasteiger partial charge in [-0.3, -0.25) is 28.4 Å². The summed E-state index contributed by atoms with van der Waals surface area (Å²) in [6, 6.07) is 9.79. The van der Waals surface area contributed by atoms with Crippen molar-refractivity contribution in [2.45, 2.75) is 31.1 Å². The van der Waals surface area contributed by atoms with Crippen molar-refractivity contribution in [3.05, 3.63) is 82.7 Å². The predicted octanol–water partition coefficient (Wildman–Crippen LogP) is 1.68. The van der Waals surface area contributed by atoms with Gasteiger partial charge in [0, 0.05) is 0 Å². The average molecular weight is 647 g/mol. The largest absolute Gasteiger partial charge is 0.534 e. The van der Waals surface area contributed by atoms with E-state index < -0.39 is 86.2 Å². The van der Waals surface area contributed by atoms with Crippen LogP contribution in [0.5, 0.6) is 0 Å². The van der Waals surface area contributed by atoms with Gasteiger partial charge in [-0.2, -0.15) is 30.0 Å². The normalized spacial score (nSPS) is 19.5. The molecular weight excluding hydrogens is 625 g/mol. The number of carbonyl (C=O) groups excluding carboxylic acids is 4. The summed E-state index contributed by atoms with van der Waals surface area (Å²) in [6.07, 6.45) is 0.629. The first-order chi connectivity index (χ1) is 19.9. The Morgan fingerprint density at radius 2 is 1.44 bits per heavy atom. The number of likely N-dealkylation sites (tertiary alicyclic amines) is 1. The van der Waals surface area contributed by atoms with Crippen LogP contribution in [0.15, 0.2) is 66.1 Å². The molecule has 0 unspecified atom stereocenters. The van der Waals surface area contributed by atoms with E-state index in [1.807, 2.05) is 0 Å². The van der Waals surface area contributed by atoms with Crippen LogP contribution in [0.2, 0.25) is 0 Å². The molecule has 0 bridgehead atoms. The van der Waals surface area contributed by atoms with E-state index in [4.69, 9.17) is 8.92 Å². The predicted molar refractivity (Wildman–Crippen MR) is 137 cm³/mol. The molecule has 2 heterocycles. The van der Waals surface area contributed by atoms with Crippen molar-refractivity contribution in [2.24, 2.45) is 0 Å². The molecule has 0 N–H and O–H groups in total. The number of carbonyl (C=O) groups is 4. The number of amides is 3. The summed E-state index contributed by atoms with van der Waals surface area (Å²) in [5.41, 5.74) is -6.88. The number of esters is 1. The first-order valence-corrected chi connectivity index (χ1v) is 15.2. The van der Waals surface area contributed by atoms with E-state index in [9.17, 15) is 49.2 Å². The lowest BCUT2D eigenvalue weighted by molar-refractivity contribution is -0.160. The van der Waals surface area contributed by atoms with Crippen LogP contribution in [0.25, 0.3) is 0 Å². The Morgan fingerprint density at radius 1 is 0.907 bits per heavy atom. The number of halogens is 3. The topological polar surface area (TPSA) is 171 Å². The molecule has 1 saturated heterocycles. The molecule has 2 aliphatic heterocycles. The highest BCUT2D eigenvalue weighted by Gasteiger charge is 2.59. The standard InChI is InChI=1S/C25H21F3N2O11S2/c1-14(41-43(37,38)25(26,27)28)19(24(34)39-12-15-8-4-3-5-9-15)29-18(13-40-42(2,35)36)20(23(29)33)30-21(31)16-10-6-7-11-17(16)22(30)32/h3-11,18,20H,12-13H2,1-2H3/b19-14+/t18-,20+/m1/s1. The van der Waals surface area contributed by atoms with Gasteiger partial charge in [0.1, 0.15) is 18.4 Å². The Balaban J connectivity index is 1.77. The zero-order valence-electron chi connectivity index (χ0n) is 22.1. The maximum Gasteiger partial charge on any atom is 0.534 e. The molecule has 18 heteroatoms. The van der Waals surface area contributed by atoms with Gasteiger partial charge >= 0.3 is 21.6 Å². The molecule has 2 aliphatic rings. The van der Waals surface area contributed by atoms with Crippen molar-refractivity contribution in [3.8, 4) is 0 Å². The molecule has 230 valence electrons. The molecule has 13 nitrogen and oxygen atoms in total. The number of nitrogens with zero attached hydrogens (tertiary/aromatic N) is 2. The smallest absolute Gasteiger partial charge is 0.456 e. The third kappa shape index (κ3) is 6.25. The lowest BCUT2D eigenvalue weighted by Gasteiger charge is -2.49. The number of hydrogen-bond acceptors (Lipinski definition) is 11. The van der Waals surface area contributed by atoms with Crippen molar-refractivity contribution in [2.75, 3.05) is 12.9 Å². The van der Waals surface area contributed by atoms with Gasteiger partial charge in [0.15, 0.2) is 5.70 Å². The third-order valence-corrected chi connectivity index (χ3v) is 7.84. The number of hydrogen-bond donors (Lipinski definition) is 0. The van der Waals surface area contributed by atoms with Crippen molar-refractivity contribution in [1.29, 1.82) is 0 Å². The zero-order valence-corrected chi connectivity index (χ0v) is 23.7. The van der Waals surface area contributed by atoms with E-state index in [0.29, 0.717) is 28.5 Å². The van der Waals surface area contributed by atoms with Gasteiger partial charge < -0.3 is 8.92 Å². The number of alkyl halides is 3. The second-order valence-corrected chi connectivity index (χ2v) is 12.4. The summed E-state index contributed by atoms with van der Waals surface area (Å²) in [4.78, 5) is 53.8. The number of fused-ring (bicyclic) bond motifs is 1. The molecule has 0 saturated carbocycles. The van der Waals surface area contributed by atoms with E-state index in [-0.39, 0.29) is 11.1 Å². The van der Waals surface area contributed by atoms with Gasteiger partial charge in [-0.05, 0) is 24.6 Å². The van der Waals surface area contributed by atoms with Crippen LogP contribution < -0.4 is 0 Å². The van der Waals surface area contributed by atoms with Crippen LogP contribution in [0.1, 0.15) is 33.2 Å². The minimum absolute atomic E-state index is 0.0876. The molecule has 2 atom stereocenters. The Labute approximate surface area is 242 Å². The Bertz CT molecular complexity index is 1710. The zero-order chi connectivity index (χ0) is 31.9. The second-order valence-electron chi connectivity index (χ2n) is 9.18. The van der Waals surface area contributed by atoms with Gasteiger partial charge in [0.25, 0.3) is 27.8 Å². The molecule has 43 heavy (non-hydrogen) atoms. The number of allylic oxidation sites excluding steroid dienone is 1. The van der Waals surface area contributed by atoms with Gasteiger partial charge in [-0.15, -0.1) is 0 Å². The third-order valence-electron chi connectivity index (χ3n) is 6.24. The fourth-order valence-corrected chi connectivity index (χ4v) is 5.25. The Kier molecular flexibility index (Phi) is 8.40. The first kappa shape index (κ1) is 31.6. The summed E-state index contributed by atoms with van der Waals surface area (Å²) >= 11 is 0.